The lowest BCUT2D eigenvalue weighted by molar-refractivity contribution is -0.384. The Morgan fingerprint density at radius 1 is 1.00 bits per heavy atom. The van der Waals surface area contributed by atoms with Crippen molar-refractivity contribution in [3.63, 3.8) is 0 Å². The summed E-state index contributed by atoms with van der Waals surface area (Å²) in [5.74, 6) is 0.113. The van der Waals surface area contributed by atoms with E-state index in [-0.39, 0.29) is 43.4 Å². The van der Waals surface area contributed by atoms with Crippen LogP contribution in [0.1, 0.15) is 43.5 Å². The summed E-state index contributed by atoms with van der Waals surface area (Å²) < 4.78 is 35.4. The van der Waals surface area contributed by atoms with Crippen molar-refractivity contribution in [3.05, 3.63) is 117 Å². The van der Waals surface area contributed by atoms with Crippen LogP contribution in [0.5, 0.6) is 23.0 Å². The van der Waals surface area contributed by atoms with E-state index < -0.39 is 28.5 Å². The van der Waals surface area contributed by atoms with E-state index >= 15 is 0 Å². The number of non-ortho nitro benzene ring substituents is 1. The number of hydrogen-bond acceptors (Lipinski definition) is 13. The van der Waals surface area contributed by atoms with E-state index in [0.717, 1.165) is 11.3 Å². The van der Waals surface area contributed by atoms with Crippen LogP contribution in [0, 0.1) is 10.1 Å². The molecule has 16 heteroatoms. The van der Waals surface area contributed by atoms with Gasteiger partial charge in [-0.15, -0.1) is 0 Å². The summed E-state index contributed by atoms with van der Waals surface area (Å²) in [5, 5.41) is 11.2. The Bertz CT molecular complexity index is 2250. The predicted molar refractivity (Wildman–Crippen MR) is 194 cm³/mol. The summed E-state index contributed by atoms with van der Waals surface area (Å²) in [4.78, 5) is 55.1. The first-order valence-corrected chi connectivity index (χ1v) is 17.5. The average Bonchev–Trinajstić information content (AvgIpc) is 3.43. The first kappa shape index (κ1) is 37.8. The molecule has 14 nitrogen and oxygen atoms in total. The van der Waals surface area contributed by atoms with Gasteiger partial charge in [-0.2, -0.15) is 0 Å². The largest absolute Gasteiger partial charge is 0.493 e. The van der Waals surface area contributed by atoms with Crippen LogP contribution in [0.3, 0.4) is 0 Å². The third-order valence-electron chi connectivity index (χ3n) is 7.76. The van der Waals surface area contributed by atoms with Crippen molar-refractivity contribution < 1.29 is 42.9 Å². The molecule has 0 fully saturated rings. The van der Waals surface area contributed by atoms with Gasteiger partial charge in [0, 0.05) is 16.6 Å². The molecule has 0 saturated carbocycles. The molecule has 4 aromatic rings. The summed E-state index contributed by atoms with van der Waals surface area (Å²) >= 11 is 4.71. The van der Waals surface area contributed by atoms with Crippen molar-refractivity contribution >= 4 is 51.0 Å². The van der Waals surface area contributed by atoms with Crippen LogP contribution in [0.4, 0.5) is 5.69 Å². The van der Waals surface area contributed by atoms with Crippen LogP contribution in [-0.4, -0.2) is 55.5 Å². The molecular weight excluding hydrogens is 762 g/mol. The highest BCUT2D eigenvalue weighted by molar-refractivity contribution is 9.10. The molecular formula is C36H34BrN3O11S. The second-order valence-electron chi connectivity index (χ2n) is 11.0. The summed E-state index contributed by atoms with van der Waals surface area (Å²) in [6.45, 7) is 5.25. The summed E-state index contributed by atoms with van der Waals surface area (Å²) in [7, 11) is 2.73. The summed E-state index contributed by atoms with van der Waals surface area (Å²) in [6.07, 6.45) is 1.68. The quantitative estimate of drug-likeness (QED) is 0.0957. The second-order valence-corrected chi connectivity index (χ2v) is 12.9. The van der Waals surface area contributed by atoms with E-state index in [1.54, 1.807) is 69.3 Å². The fraction of sp³-hybridized carbons (Fsp3) is 0.278. The number of thiazole rings is 1. The molecule has 0 spiro atoms. The number of nitro groups is 1. The molecule has 272 valence electrons. The first-order chi connectivity index (χ1) is 25.0. The minimum atomic E-state index is -0.936. The molecule has 1 atom stereocenters. The van der Waals surface area contributed by atoms with Gasteiger partial charge in [-0.3, -0.25) is 19.5 Å². The Morgan fingerprint density at radius 3 is 2.46 bits per heavy atom. The van der Waals surface area contributed by atoms with Crippen LogP contribution in [-0.2, 0) is 25.7 Å². The Hall–Kier alpha value is -5.48. The number of halogens is 1. The SMILES string of the molecule is CCOC(=O)C1=C(C)N=c2s/c(=C\c3cc(OC)c(OCc4cccc([N+](=O)[O-])c4)cc3Br)c(=O)n2[C@H]1c1ccc(OCC(=O)OC)c(OCC)c1. The molecule has 0 saturated heterocycles. The van der Waals surface area contributed by atoms with Crippen molar-refractivity contribution in [1.29, 1.82) is 0 Å². The highest BCUT2D eigenvalue weighted by Gasteiger charge is 2.34. The van der Waals surface area contributed by atoms with E-state index in [2.05, 4.69) is 25.7 Å². The number of ether oxygens (including phenoxy) is 6. The maximum atomic E-state index is 14.3. The number of methoxy groups -OCH3 is 2. The minimum Gasteiger partial charge on any atom is -0.493 e. The highest BCUT2D eigenvalue weighted by atomic mass is 79.9. The van der Waals surface area contributed by atoms with Crippen LogP contribution >= 0.6 is 27.3 Å². The number of nitro benzene ring substituents is 1. The molecule has 5 rings (SSSR count). The monoisotopic (exact) mass is 795 g/mol. The number of fused-ring (bicyclic) bond motifs is 1. The number of aromatic nitrogens is 1. The van der Waals surface area contributed by atoms with Gasteiger partial charge in [0.15, 0.2) is 34.4 Å². The molecule has 0 aliphatic carbocycles. The second kappa shape index (κ2) is 16.7. The van der Waals surface area contributed by atoms with Crippen LogP contribution in [0.15, 0.2) is 80.1 Å². The number of allylic oxidation sites excluding steroid dienone is 1. The van der Waals surface area contributed by atoms with Gasteiger partial charge < -0.3 is 28.4 Å². The van der Waals surface area contributed by atoms with E-state index in [1.165, 1.54) is 30.9 Å². The minimum absolute atomic E-state index is 0.0470. The Morgan fingerprint density at radius 2 is 1.77 bits per heavy atom. The molecule has 0 amide bonds. The van der Waals surface area contributed by atoms with Gasteiger partial charge in [-0.1, -0.05) is 45.5 Å². The van der Waals surface area contributed by atoms with Crippen molar-refractivity contribution in [2.24, 2.45) is 4.99 Å². The molecule has 1 aliphatic heterocycles. The van der Waals surface area contributed by atoms with Gasteiger partial charge >= 0.3 is 11.9 Å². The van der Waals surface area contributed by atoms with Gasteiger partial charge in [0.05, 0.1) is 54.2 Å². The molecule has 0 N–H and O–H groups in total. The number of rotatable bonds is 14. The van der Waals surface area contributed by atoms with E-state index in [1.807, 2.05) is 0 Å². The molecule has 1 aliphatic rings. The molecule has 1 aromatic heterocycles. The maximum Gasteiger partial charge on any atom is 0.343 e. The third-order valence-corrected chi connectivity index (χ3v) is 9.43. The number of hydrogen-bond donors (Lipinski definition) is 0. The van der Waals surface area contributed by atoms with E-state index in [4.69, 9.17) is 23.7 Å². The Labute approximate surface area is 309 Å². The van der Waals surface area contributed by atoms with Crippen molar-refractivity contribution in [3.8, 4) is 23.0 Å². The Balaban J connectivity index is 1.57. The number of carbonyl (C=O) groups is 2. The van der Waals surface area contributed by atoms with Gasteiger partial charge in [0.2, 0.25) is 0 Å². The lowest BCUT2D eigenvalue weighted by Gasteiger charge is -2.25. The predicted octanol–water partition coefficient (Wildman–Crippen LogP) is 5.01. The zero-order valence-electron chi connectivity index (χ0n) is 28.8. The standard InChI is InChI=1S/C36H34BrN3O11S/c1-6-48-28-14-22(11-12-26(28)51-19-31(41)47-5)33-32(35(43)49-7-2)20(3)38-36-39(33)34(42)30(52-36)16-23-15-27(46-4)29(17-25(23)37)50-18-21-9-8-10-24(13-21)40(44)45/h8-17,33H,6-7,18-19H2,1-5H3/b30-16-/t33-/m0/s1. The highest BCUT2D eigenvalue weighted by Crippen LogP contribution is 2.37. The number of benzene rings is 3. The summed E-state index contributed by atoms with van der Waals surface area (Å²) in [6, 6.07) is 13.5. The van der Waals surface area contributed by atoms with Gasteiger partial charge in [0.25, 0.3) is 11.2 Å². The first-order valence-electron chi connectivity index (χ1n) is 15.9. The summed E-state index contributed by atoms with van der Waals surface area (Å²) in [5.41, 5.74) is 1.81. The van der Waals surface area contributed by atoms with Crippen molar-refractivity contribution in [1.82, 2.24) is 4.57 Å². The lowest BCUT2D eigenvalue weighted by Crippen LogP contribution is -2.40. The van der Waals surface area contributed by atoms with Crippen molar-refractivity contribution in [2.45, 2.75) is 33.4 Å². The molecule has 0 bridgehead atoms. The number of carbonyl (C=O) groups excluding carboxylic acids is 2. The topological polar surface area (TPSA) is 167 Å². The molecule has 3 aromatic carbocycles. The van der Waals surface area contributed by atoms with E-state index in [0.29, 0.717) is 53.4 Å². The Kier molecular flexibility index (Phi) is 12.1. The van der Waals surface area contributed by atoms with Crippen LogP contribution < -0.4 is 33.8 Å². The van der Waals surface area contributed by atoms with Gasteiger partial charge in [0.1, 0.15) is 6.61 Å². The van der Waals surface area contributed by atoms with Crippen molar-refractivity contribution in [2.75, 3.05) is 34.0 Å². The zero-order valence-corrected chi connectivity index (χ0v) is 31.2. The van der Waals surface area contributed by atoms with Crippen LogP contribution in [0.25, 0.3) is 6.08 Å². The molecule has 0 unspecified atom stereocenters. The fourth-order valence-electron chi connectivity index (χ4n) is 5.38. The maximum absolute atomic E-state index is 14.3. The number of nitrogens with zero attached hydrogens (tertiary/aromatic N) is 3. The smallest absolute Gasteiger partial charge is 0.343 e. The fourth-order valence-corrected chi connectivity index (χ4v) is 6.86. The van der Waals surface area contributed by atoms with E-state index in [9.17, 15) is 24.5 Å². The molecule has 0 radical (unpaired) electrons. The van der Waals surface area contributed by atoms with Gasteiger partial charge in [-0.05, 0) is 67.8 Å². The zero-order chi connectivity index (χ0) is 37.5. The molecule has 2 heterocycles. The third kappa shape index (κ3) is 8.18. The lowest BCUT2D eigenvalue weighted by atomic mass is 9.95. The normalized spacial score (nSPS) is 13.9. The van der Waals surface area contributed by atoms with Gasteiger partial charge in [-0.25, -0.2) is 14.6 Å². The average molecular weight is 797 g/mol. The molecule has 52 heavy (non-hydrogen) atoms. The number of esters is 2. The van der Waals surface area contributed by atoms with Crippen LogP contribution in [0.2, 0.25) is 0 Å².